The molecular formula is C10H14F2N2O3S. The first-order valence-electron chi connectivity index (χ1n) is 5.20. The maximum Gasteiger partial charge on any atom is 0.246 e. The summed E-state index contributed by atoms with van der Waals surface area (Å²) in [5, 5.41) is 8.76. The molecule has 0 atom stereocenters. The van der Waals surface area contributed by atoms with Crippen molar-refractivity contribution in [3.05, 3.63) is 23.8 Å². The number of sulfonamides is 1. The zero-order valence-corrected chi connectivity index (χ0v) is 10.5. The van der Waals surface area contributed by atoms with Crippen LogP contribution in [0.25, 0.3) is 0 Å². The molecule has 102 valence electrons. The molecule has 0 unspecified atom stereocenters. The number of hydrogen-bond donors (Lipinski definition) is 2. The quantitative estimate of drug-likeness (QED) is 0.772. The van der Waals surface area contributed by atoms with Gasteiger partial charge in [0.15, 0.2) is 11.6 Å². The third kappa shape index (κ3) is 2.77. The molecule has 8 heteroatoms. The highest BCUT2D eigenvalue weighted by molar-refractivity contribution is 7.89. The van der Waals surface area contributed by atoms with E-state index < -0.39 is 33.2 Å². The number of rotatable bonds is 5. The molecule has 0 aliphatic heterocycles. The van der Waals surface area contributed by atoms with Crippen LogP contribution in [-0.4, -0.2) is 37.5 Å². The number of nitrogen functional groups attached to an aromatic ring is 1. The van der Waals surface area contributed by atoms with Crippen LogP contribution >= 0.6 is 0 Å². The summed E-state index contributed by atoms with van der Waals surface area (Å²) in [4.78, 5) is -0.824. The Hall–Kier alpha value is -1.25. The van der Waals surface area contributed by atoms with Gasteiger partial charge >= 0.3 is 0 Å². The van der Waals surface area contributed by atoms with Crippen LogP contribution in [0.4, 0.5) is 14.5 Å². The number of nitrogens with two attached hydrogens (primary N) is 1. The van der Waals surface area contributed by atoms with Crippen molar-refractivity contribution in [2.45, 2.75) is 11.8 Å². The standard InChI is InChI=1S/C10H14F2N2O3S/c1-2-14(3-4-15)18(16,17)9-6-7(13)5-8(11)10(9)12/h5-6,15H,2-4,13H2,1H3. The first-order chi connectivity index (χ1) is 8.34. The second-order valence-electron chi connectivity index (χ2n) is 3.54. The number of likely N-dealkylation sites (N-methyl/N-ethyl adjacent to an activating group) is 1. The zero-order chi connectivity index (χ0) is 13.9. The highest BCUT2D eigenvalue weighted by Crippen LogP contribution is 2.24. The fourth-order valence-corrected chi connectivity index (χ4v) is 3.02. The van der Waals surface area contributed by atoms with Gasteiger partial charge in [-0.2, -0.15) is 4.31 Å². The minimum atomic E-state index is -4.21. The second kappa shape index (κ2) is 5.59. The highest BCUT2D eigenvalue weighted by atomic mass is 32.2. The van der Waals surface area contributed by atoms with Gasteiger partial charge in [-0.25, -0.2) is 17.2 Å². The summed E-state index contributed by atoms with van der Waals surface area (Å²) >= 11 is 0. The van der Waals surface area contributed by atoms with Crippen LogP contribution in [0.5, 0.6) is 0 Å². The minimum Gasteiger partial charge on any atom is -0.399 e. The van der Waals surface area contributed by atoms with Crippen LogP contribution in [-0.2, 0) is 10.0 Å². The van der Waals surface area contributed by atoms with E-state index in [1.807, 2.05) is 0 Å². The lowest BCUT2D eigenvalue weighted by Gasteiger charge is -2.20. The van der Waals surface area contributed by atoms with Gasteiger partial charge in [0.05, 0.1) is 6.61 Å². The van der Waals surface area contributed by atoms with E-state index in [-0.39, 0.29) is 18.8 Å². The summed E-state index contributed by atoms with van der Waals surface area (Å²) in [5.41, 5.74) is 5.11. The van der Waals surface area contributed by atoms with E-state index in [9.17, 15) is 17.2 Å². The first kappa shape index (κ1) is 14.8. The molecule has 5 nitrogen and oxygen atoms in total. The third-order valence-electron chi connectivity index (χ3n) is 2.34. The SMILES string of the molecule is CCN(CCO)S(=O)(=O)c1cc(N)cc(F)c1F. The van der Waals surface area contributed by atoms with Crippen LogP contribution in [0, 0.1) is 11.6 Å². The van der Waals surface area contributed by atoms with E-state index in [0.29, 0.717) is 6.07 Å². The van der Waals surface area contributed by atoms with E-state index in [0.717, 1.165) is 10.4 Å². The Morgan fingerprint density at radius 3 is 2.50 bits per heavy atom. The molecule has 0 saturated carbocycles. The second-order valence-corrected chi connectivity index (χ2v) is 5.44. The molecule has 0 aromatic heterocycles. The van der Waals surface area contributed by atoms with Crippen molar-refractivity contribution in [1.29, 1.82) is 0 Å². The van der Waals surface area contributed by atoms with Crippen LogP contribution in [0.3, 0.4) is 0 Å². The Bertz CT molecular complexity index is 534. The summed E-state index contributed by atoms with van der Waals surface area (Å²) in [5.74, 6) is -2.80. The van der Waals surface area contributed by atoms with E-state index in [2.05, 4.69) is 0 Å². The van der Waals surface area contributed by atoms with Gasteiger partial charge in [0.2, 0.25) is 10.0 Å². The topological polar surface area (TPSA) is 83.6 Å². The van der Waals surface area contributed by atoms with Crippen molar-refractivity contribution < 1.29 is 22.3 Å². The van der Waals surface area contributed by atoms with E-state index >= 15 is 0 Å². The minimum absolute atomic E-state index is 0.0265. The molecule has 1 aromatic rings. The van der Waals surface area contributed by atoms with Crippen molar-refractivity contribution >= 4 is 15.7 Å². The van der Waals surface area contributed by atoms with Gasteiger partial charge in [-0.1, -0.05) is 6.92 Å². The van der Waals surface area contributed by atoms with Crippen LogP contribution in [0.15, 0.2) is 17.0 Å². The molecule has 0 amide bonds. The summed E-state index contributed by atoms with van der Waals surface area (Å²) in [6.07, 6.45) is 0. The normalized spacial score (nSPS) is 12.1. The average Bonchev–Trinajstić information content (AvgIpc) is 2.30. The third-order valence-corrected chi connectivity index (χ3v) is 4.31. The fraction of sp³-hybridized carbons (Fsp3) is 0.400. The van der Waals surface area contributed by atoms with E-state index in [1.165, 1.54) is 6.92 Å². The predicted molar refractivity (Wildman–Crippen MR) is 62.3 cm³/mol. The lowest BCUT2D eigenvalue weighted by Crippen LogP contribution is -2.34. The van der Waals surface area contributed by atoms with Crippen LogP contribution < -0.4 is 5.73 Å². The number of hydrogen-bond acceptors (Lipinski definition) is 4. The maximum absolute atomic E-state index is 13.5. The summed E-state index contributed by atoms with van der Waals surface area (Å²) < 4.78 is 51.6. The Balaban J connectivity index is 3.36. The average molecular weight is 280 g/mol. The Kier molecular flexibility index (Phi) is 4.60. The molecule has 0 aliphatic carbocycles. The molecule has 0 bridgehead atoms. The molecule has 0 aliphatic rings. The molecule has 0 radical (unpaired) electrons. The molecule has 3 N–H and O–H groups in total. The number of nitrogens with zero attached hydrogens (tertiary/aromatic N) is 1. The summed E-state index contributed by atoms with van der Waals surface area (Å²) in [6, 6.07) is 1.56. The molecule has 0 fully saturated rings. The fourth-order valence-electron chi connectivity index (χ4n) is 1.47. The predicted octanol–water partition coefficient (Wildman–Crippen LogP) is 0.550. The highest BCUT2D eigenvalue weighted by Gasteiger charge is 2.28. The number of halogens is 2. The van der Waals surface area contributed by atoms with Gasteiger partial charge in [-0.15, -0.1) is 0 Å². The molecule has 0 heterocycles. The lowest BCUT2D eigenvalue weighted by molar-refractivity contribution is 0.256. The lowest BCUT2D eigenvalue weighted by atomic mass is 10.3. The Morgan fingerprint density at radius 1 is 1.39 bits per heavy atom. The number of aliphatic hydroxyl groups excluding tert-OH is 1. The van der Waals surface area contributed by atoms with Crippen LogP contribution in [0.2, 0.25) is 0 Å². The number of anilines is 1. The zero-order valence-electron chi connectivity index (χ0n) is 9.73. The van der Waals surface area contributed by atoms with E-state index in [1.54, 1.807) is 0 Å². The summed E-state index contributed by atoms with van der Waals surface area (Å²) in [6.45, 7) is 0.931. The number of benzene rings is 1. The van der Waals surface area contributed by atoms with Gasteiger partial charge in [0.25, 0.3) is 0 Å². The van der Waals surface area contributed by atoms with Crippen LogP contribution in [0.1, 0.15) is 6.92 Å². The molecule has 1 aromatic carbocycles. The maximum atomic E-state index is 13.5. The van der Waals surface area contributed by atoms with Crippen molar-refractivity contribution in [2.24, 2.45) is 0 Å². The molecule has 0 spiro atoms. The van der Waals surface area contributed by atoms with Crippen molar-refractivity contribution in [2.75, 3.05) is 25.4 Å². The Labute approximate surface area is 104 Å². The number of aliphatic hydroxyl groups is 1. The van der Waals surface area contributed by atoms with Gasteiger partial charge in [-0.3, -0.25) is 0 Å². The van der Waals surface area contributed by atoms with Gasteiger partial charge < -0.3 is 10.8 Å². The van der Waals surface area contributed by atoms with Gasteiger partial charge in [0, 0.05) is 18.8 Å². The largest absolute Gasteiger partial charge is 0.399 e. The first-order valence-corrected chi connectivity index (χ1v) is 6.64. The Morgan fingerprint density at radius 2 is 2.00 bits per heavy atom. The molecule has 18 heavy (non-hydrogen) atoms. The van der Waals surface area contributed by atoms with Crippen molar-refractivity contribution in [3.8, 4) is 0 Å². The van der Waals surface area contributed by atoms with Gasteiger partial charge in [0.1, 0.15) is 4.90 Å². The van der Waals surface area contributed by atoms with Crippen molar-refractivity contribution in [1.82, 2.24) is 4.31 Å². The molecular weight excluding hydrogens is 266 g/mol. The molecule has 0 saturated heterocycles. The van der Waals surface area contributed by atoms with Gasteiger partial charge in [-0.05, 0) is 12.1 Å². The van der Waals surface area contributed by atoms with E-state index in [4.69, 9.17) is 10.8 Å². The smallest absolute Gasteiger partial charge is 0.246 e. The monoisotopic (exact) mass is 280 g/mol. The molecule has 1 rings (SSSR count). The summed E-state index contributed by atoms with van der Waals surface area (Å²) in [7, 11) is -4.21. The van der Waals surface area contributed by atoms with Crippen molar-refractivity contribution in [3.63, 3.8) is 0 Å².